The first-order valence-corrected chi connectivity index (χ1v) is 11.4. The Kier molecular flexibility index (Phi) is 6.42. The molecule has 1 aliphatic rings. The number of hydrogen-bond acceptors (Lipinski definition) is 5. The summed E-state index contributed by atoms with van der Waals surface area (Å²) in [4.78, 5) is 28.8. The van der Waals surface area contributed by atoms with Crippen LogP contribution in [0, 0.1) is 13.8 Å². The number of anilines is 1. The molecule has 0 aliphatic heterocycles. The first-order valence-electron chi connectivity index (χ1n) is 10.6. The van der Waals surface area contributed by atoms with Crippen LogP contribution in [0.3, 0.4) is 0 Å². The second-order valence-electron chi connectivity index (χ2n) is 8.11. The van der Waals surface area contributed by atoms with Crippen LogP contribution in [0.1, 0.15) is 58.9 Å². The predicted octanol–water partition coefficient (Wildman–Crippen LogP) is 4.60. The minimum atomic E-state index is -0.808. The summed E-state index contributed by atoms with van der Waals surface area (Å²) in [5, 5.41) is 8.80. The molecule has 1 aromatic heterocycles. The highest BCUT2D eigenvalue weighted by Gasteiger charge is 2.35. The molecule has 1 aliphatic carbocycles. The average Bonchev–Trinajstić information content (AvgIpc) is 3.45. The molecule has 1 saturated carbocycles. The van der Waals surface area contributed by atoms with Crippen molar-refractivity contribution in [2.75, 3.05) is 4.90 Å². The lowest BCUT2D eigenvalue weighted by atomic mass is 10.0. The average molecular weight is 435 g/mol. The lowest BCUT2D eigenvalue weighted by Crippen LogP contribution is -2.46. The molecule has 0 radical (unpaired) electrons. The van der Waals surface area contributed by atoms with Crippen molar-refractivity contribution in [3.63, 3.8) is 0 Å². The van der Waals surface area contributed by atoms with Gasteiger partial charge in [0.2, 0.25) is 5.91 Å². The fourth-order valence-electron chi connectivity index (χ4n) is 4.26. The molecule has 0 bridgehead atoms. The van der Waals surface area contributed by atoms with E-state index in [9.17, 15) is 9.59 Å². The number of carbonyl (C=O) groups excluding carboxylic acids is 2. The number of aromatic nitrogens is 2. The molecule has 3 aromatic rings. The maximum atomic E-state index is 13.6. The Morgan fingerprint density at radius 3 is 2.35 bits per heavy atom. The number of rotatable bonds is 6. The van der Waals surface area contributed by atoms with Gasteiger partial charge < -0.3 is 5.32 Å². The quantitative estimate of drug-likeness (QED) is 0.615. The van der Waals surface area contributed by atoms with Gasteiger partial charge in [-0.15, -0.1) is 5.10 Å². The molecule has 0 saturated heterocycles. The van der Waals surface area contributed by atoms with Gasteiger partial charge in [-0.25, -0.2) is 0 Å². The van der Waals surface area contributed by atoms with Gasteiger partial charge in [-0.1, -0.05) is 53.7 Å². The molecule has 31 heavy (non-hydrogen) atoms. The number of hydrogen-bond donors (Lipinski definition) is 1. The van der Waals surface area contributed by atoms with Crippen LogP contribution in [0.15, 0.2) is 53.9 Å². The Hall–Kier alpha value is -3.06. The Bertz CT molecular complexity index is 1030. The summed E-state index contributed by atoms with van der Waals surface area (Å²) in [6.07, 6.45) is 4.18. The van der Waals surface area contributed by atoms with Crippen molar-refractivity contribution in [3.8, 4) is 0 Å². The maximum absolute atomic E-state index is 13.6. The lowest BCUT2D eigenvalue weighted by Gasteiger charge is -2.32. The van der Waals surface area contributed by atoms with Crippen molar-refractivity contribution in [2.24, 2.45) is 0 Å². The Morgan fingerprint density at radius 2 is 1.74 bits per heavy atom. The SMILES string of the molecule is Cc1cc(C)cc(N(C(=O)c2csnn2)C(C(=O)NC2CCCC2)c2ccccc2)c1. The van der Waals surface area contributed by atoms with Gasteiger partial charge >= 0.3 is 0 Å². The summed E-state index contributed by atoms with van der Waals surface area (Å²) >= 11 is 1.12. The van der Waals surface area contributed by atoms with E-state index in [0.29, 0.717) is 5.69 Å². The molecule has 1 atom stereocenters. The summed E-state index contributed by atoms with van der Waals surface area (Å²) in [5.41, 5.74) is 3.71. The van der Waals surface area contributed by atoms with Crippen molar-refractivity contribution < 1.29 is 9.59 Å². The molecule has 1 N–H and O–H groups in total. The summed E-state index contributed by atoms with van der Waals surface area (Å²) in [5.74, 6) is -0.511. The zero-order valence-corrected chi connectivity index (χ0v) is 18.6. The summed E-state index contributed by atoms with van der Waals surface area (Å²) in [7, 11) is 0. The van der Waals surface area contributed by atoms with Crippen molar-refractivity contribution in [3.05, 3.63) is 76.3 Å². The molecule has 6 nitrogen and oxygen atoms in total. The molecule has 0 spiro atoms. The molecule has 2 aromatic carbocycles. The minimum Gasteiger partial charge on any atom is -0.351 e. The van der Waals surface area contributed by atoms with Crippen LogP contribution in [-0.2, 0) is 4.79 Å². The highest BCUT2D eigenvalue weighted by molar-refractivity contribution is 7.03. The molecule has 1 unspecified atom stereocenters. The largest absolute Gasteiger partial charge is 0.351 e. The molecule has 7 heteroatoms. The number of amides is 2. The van der Waals surface area contributed by atoms with Gasteiger partial charge in [0.25, 0.3) is 5.91 Å². The number of carbonyl (C=O) groups is 2. The summed E-state index contributed by atoms with van der Waals surface area (Å²) in [6, 6.07) is 14.7. The van der Waals surface area contributed by atoms with Gasteiger partial charge in [-0.05, 0) is 67.0 Å². The number of benzene rings is 2. The fraction of sp³-hybridized carbons (Fsp3) is 0.333. The predicted molar refractivity (Wildman–Crippen MR) is 122 cm³/mol. The van der Waals surface area contributed by atoms with Gasteiger partial charge in [0, 0.05) is 17.1 Å². The van der Waals surface area contributed by atoms with E-state index < -0.39 is 6.04 Å². The minimum absolute atomic E-state index is 0.149. The fourth-order valence-corrected chi connectivity index (χ4v) is 4.69. The van der Waals surface area contributed by atoms with Gasteiger partial charge in [0.1, 0.15) is 6.04 Å². The Labute approximate surface area is 186 Å². The van der Waals surface area contributed by atoms with Gasteiger partial charge in [-0.3, -0.25) is 14.5 Å². The van der Waals surface area contributed by atoms with E-state index >= 15 is 0 Å². The first-order chi connectivity index (χ1) is 15.0. The molecule has 2 amide bonds. The first kappa shape index (κ1) is 21.2. The van der Waals surface area contributed by atoms with E-state index in [1.165, 1.54) is 0 Å². The van der Waals surface area contributed by atoms with E-state index in [4.69, 9.17) is 0 Å². The summed E-state index contributed by atoms with van der Waals surface area (Å²) < 4.78 is 3.86. The normalized spacial score (nSPS) is 14.9. The second-order valence-corrected chi connectivity index (χ2v) is 8.72. The Morgan fingerprint density at radius 1 is 1.06 bits per heavy atom. The van der Waals surface area contributed by atoms with E-state index in [1.54, 1.807) is 10.3 Å². The third kappa shape index (κ3) is 4.82. The van der Waals surface area contributed by atoms with E-state index in [0.717, 1.165) is 53.9 Å². The van der Waals surface area contributed by atoms with Crippen molar-refractivity contribution in [2.45, 2.75) is 51.6 Å². The van der Waals surface area contributed by atoms with Gasteiger partial charge in [0.05, 0.1) is 0 Å². The molecule has 4 rings (SSSR count). The van der Waals surface area contributed by atoms with Crippen LogP contribution in [0.25, 0.3) is 0 Å². The second kappa shape index (κ2) is 9.39. The van der Waals surface area contributed by atoms with Crippen LogP contribution in [-0.4, -0.2) is 27.4 Å². The zero-order valence-electron chi connectivity index (χ0n) is 17.7. The Balaban J connectivity index is 1.82. The smallest absolute Gasteiger partial charge is 0.280 e. The standard InChI is InChI=1S/C24H26N4O2S/c1-16-12-17(2)14-20(13-16)28(24(30)21-15-31-27-26-21)22(18-8-4-3-5-9-18)23(29)25-19-10-6-7-11-19/h3-5,8-9,12-15,19,22H,6-7,10-11H2,1-2H3,(H,25,29). The number of nitrogens with one attached hydrogen (secondary N) is 1. The number of aryl methyl sites for hydroxylation is 2. The van der Waals surface area contributed by atoms with Crippen LogP contribution in [0.5, 0.6) is 0 Å². The summed E-state index contributed by atoms with van der Waals surface area (Å²) in [6.45, 7) is 3.97. The highest BCUT2D eigenvalue weighted by atomic mass is 32.1. The van der Waals surface area contributed by atoms with Crippen molar-refractivity contribution in [1.82, 2.24) is 14.9 Å². The molecular weight excluding hydrogens is 408 g/mol. The molecular formula is C24H26N4O2S. The van der Waals surface area contributed by atoms with Crippen molar-refractivity contribution >= 4 is 29.0 Å². The highest BCUT2D eigenvalue weighted by Crippen LogP contribution is 2.32. The molecule has 160 valence electrons. The van der Waals surface area contributed by atoms with Crippen LogP contribution in [0.2, 0.25) is 0 Å². The van der Waals surface area contributed by atoms with Crippen LogP contribution < -0.4 is 10.2 Å². The zero-order chi connectivity index (χ0) is 21.8. The number of nitrogens with zero attached hydrogens (tertiary/aromatic N) is 3. The molecule has 1 fully saturated rings. The van der Waals surface area contributed by atoms with Crippen LogP contribution in [0.4, 0.5) is 5.69 Å². The molecule has 1 heterocycles. The lowest BCUT2D eigenvalue weighted by molar-refractivity contribution is -0.123. The third-order valence-corrected chi connectivity index (χ3v) is 6.11. The topological polar surface area (TPSA) is 75.2 Å². The monoisotopic (exact) mass is 434 g/mol. The van der Waals surface area contributed by atoms with E-state index in [2.05, 4.69) is 14.9 Å². The van der Waals surface area contributed by atoms with Crippen LogP contribution >= 0.6 is 11.5 Å². The van der Waals surface area contributed by atoms with Crippen molar-refractivity contribution in [1.29, 1.82) is 0 Å². The third-order valence-electron chi connectivity index (χ3n) is 5.61. The van der Waals surface area contributed by atoms with E-state index in [1.807, 2.05) is 62.4 Å². The van der Waals surface area contributed by atoms with Gasteiger partial charge in [-0.2, -0.15) is 0 Å². The van der Waals surface area contributed by atoms with E-state index in [-0.39, 0.29) is 23.6 Å². The van der Waals surface area contributed by atoms with Gasteiger partial charge in [0.15, 0.2) is 5.69 Å². The maximum Gasteiger partial charge on any atom is 0.280 e.